The first-order valence-electron chi connectivity index (χ1n) is 10.1. The number of hydrogen-bond acceptors (Lipinski definition) is 4. The molecule has 1 aromatic carbocycles. The van der Waals surface area contributed by atoms with E-state index in [2.05, 4.69) is 10.3 Å². The number of carbonyl (C=O) groups excluding carboxylic acids is 2. The Labute approximate surface area is 168 Å². The molecule has 2 rings (SSSR count). The van der Waals surface area contributed by atoms with E-state index < -0.39 is 11.7 Å². The molecule has 0 radical (unpaired) electrons. The van der Waals surface area contributed by atoms with Crippen molar-refractivity contribution in [3.63, 3.8) is 0 Å². The van der Waals surface area contributed by atoms with Crippen LogP contribution in [0.3, 0.4) is 0 Å². The Kier molecular flexibility index (Phi) is 8.05. The second-order valence-corrected chi connectivity index (χ2v) is 8.02. The third-order valence-corrected chi connectivity index (χ3v) is 4.45. The summed E-state index contributed by atoms with van der Waals surface area (Å²) in [5, 5.41) is 6.74. The van der Waals surface area contributed by atoms with E-state index in [9.17, 15) is 9.59 Å². The van der Waals surface area contributed by atoms with Crippen molar-refractivity contribution in [1.29, 1.82) is 0 Å². The van der Waals surface area contributed by atoms with E-state index >= 15 is 0 Å². The summed E-state index contributed by atoms with van der Waals surface area (Å²) in [6.45, 7) is 9.92. The highest BCUT2D eigenvalue weighted by Crippen LogP contribution is 2.12. The van der Waals surface area contributed by atoms with Crippen LogP contribution in [0.25, 0.3) is 0 Å². The zero-order valence-electron chi connectivity index (χ0n) is 17.5. The number of nitrogens with one attached hydrogen (secondary N) is 1. The van der Waals surface area contributed by atoms with Gasteiger partial charge in [-0.05, 0) is 52.5 Å². The minimum atomic E-state index is -0.574. The van der Waals surface area contributed by atoms with Gasteiger partial charge in [0.15, 0.2) is 0 Å². The first kappa shape index (κ1) is 22.0. The first-order chi connectivity index (χ1) is 13.3. The van der Waals surface area contributed by atoms with Crippen LogP contribution in [0.15, 0.2) is 42.5 Å². The van der Waals surface area contributed by atoms with Crippen molar-refractivity contribution in [2.75, 3.05) is 19.6 Å². The van der Waals surface area contributed by atoms with Crippen molar-refractivity contribution in [3.05, 3.63) is 48.0 Å². The second-order valence-electron chi connectivity index (χ2n) is 8.02. The summed E-state index contributed by atoms with van der Waals surface area (Å²) >= 11 is 0. The number of ether oxygens (including phenoxy) is 1. The topological polar surface area (TPSA) is 61.9 Å². The highest BCUT2D eigenvalue weighted by atomic mass is 16.6. The summed E-state index contributed by atoms with van der Waals surface area (Å²) in [6.07, 6.45) is 5.65. The van der Waals surface area contributed by atoms with Crippen molar-refractivity contribution < 1.29 is 14.3 Å². The fourth-order valence-electron chi connectivity index (χ4n) is 3.22. The van der Waals surface area contributed by atoms with Gasteiger partial charge in [0, 0.05) is 25.7 Å². The largest absolute Gasteiger partial charge is 0.444 e. The molecule has 154 valence electrons. The van der Waals surface area contributed by atoms with E-state index in [4.69, 9.17) is 4.74 Å². The molecular formula is C22H33N3O3. The van der Waals surface area contributed by atoms with E-state index in [1.54, 1.807) is 17.2 Å². The molecule has 2 amide bonds. The van der Waals surface area contributed by atoms with Crippen LogP contribution in [0.4, 0.5) is 4.79 Å². The number of hydrazine groups is 1. The molecule has 6 heteroatoms. The standard InChI is InChI=1S/C22H33N3O3/c1-5-25(24-15-9-10-16-24)20(26)14-13-19(17-18-11-7-6-8-12-18)23-21(27)28-22(2,3)4/h6-8,11-14,19H,5,9-10,15-17H2,1-4H3,(H,23,27)/t19-/m1/s1. The van der Waals surface area contributed by atoms with Crippen molar-refractivity contribution in [1.82, 2.24) is 15.3 Å². The van der Waals surface area contributed by atoms with Gasteiger partial charge in [0.25, 0.3) is 5.91 Å². The van der Waals surface area contributed by atoms with E-state index in [1.807, 2.05) is 58.0 Å². The summed E-state index contributed by atoms with van der Waals surface area (Å²) in [5.74, 6) is -0.0616. The van der Waals surface area contributed by atoms with E-state index in [0.29, 0.717) is 13.0 Å². The zero-order chi connectivity index (χ0) is 20.6. The highest BCUT2D eigenvalue weighted by molar-refractivity contribution is 5.87. The number of hydrogen-bond donors (Lipinski definition) is 1. The molecule has 6 nitrogen and oxygen atoms in total. The maximum atomic E-state index is 12.7. The molecule has 0 aliphatic carbocycles. The number of carbonyl (C=O) groups is 2. The maximum absolute atomic E-state index is 12.7. The van der Waals surface area contributed by atoms with Crippen LogP contribution in [0.2, 0.25) is 0 Å². The van der Waals surface area contributed by atoms with E-state index in [0.717, 1.165) is 31.5 Å². The van der Waals surface area contributed by atoms with Gasteiger partial charge in [-0.1, -0.05) is 36.4 Å². The second kappa shape index (κ2) is 10.3. The number of amides is 2. The Hall–Kier alpha value is -2.34. The van der Waals surface area contributed by atoms with Gasteiger partial charge in [-0.3, -0.25) is 9.80 Å². The summed E-state index contributed by atoms with van der Waals surface area (Å²) in [7, 11) is 0. The van der Waals surface area contributed by atoms with Gasteiger partial charge >= 0.3 is 6.09 Å². The fourth-order valence-corrected chi connectivity index (χ4v) is 3.22. The molecule has 28 heavy (non-hydrogen) atoms. The minimum Gasteiger partial charge on any atom is -0.444 e. The Morgan fingerprint density at radius 1 is 1.21 bits per heavy atom. The molecule has 1 saturated heterocycles. The molecule has 1 N–H and O–H groups in total. The molecule has 1 aliphatic heterocycles. The monoisotopic (exact) mass is 387 g/mol. The number of benzene rings is 1. The molecule has 1 fully saturated rings. The van der Waals surface area contributed by atoms with E-state index in [-0.39, 0.29) is 11.9 Å². The Morgan fingerprint density at radius 2 is 1.86 bits per heavy atom. The normalized spacial score (nSPS) is 16.1. The van der Waals surface area contributed by atoms with Crippen LogP contribution < -0.4 is 5.32 Å². The van der Waals surface area contributed by atoms with Gasteiger partial charge in [-0.2, -0.15) is 0 Å². The quantitative estimate of drug-likeness (QED) is 0.727. The van der Waals surface area contributed by atoms with E-state index in [1.165, 1.54) is 0 Å². The number of alkyl carbamates (subject to hydrolysis) is 1. The van der Waals surface area contributed by atoms with Crippen molar-refractivity contribution >= 4 is 12.0 Å². The lowest BCUT2D eigenvalue weighted by Crippen LogP contribution is -2.44. The number of nitrogens with zero attached hydrogens (tertiary/aromatic N) is 2. The van der Waals surface area contributed by atoms with Crippen LogP contribution >= 0.6 is 0 Å². The lowest BCUT2D eigenvalue weighted by Gasteiger charge is -2.29. The molecule has 0 bridgehead atoms. The molecule has 0 saturated carbocycles. The lowest BCUT2D eigenvalue weighted by molar-refractivity contribution is -0.141. The summed E-state index contributed by atoms with van der Waals surface area (Å²) in [6, 6.07) is 9.54. The number of likely N-dealkylation sites (N-methyl/N-ethyl adjacent to an activating group) is 1. The molecule has 1 heterocycles. The van der Waals surface area contributed by atoms with Crippen LogP contribution in [0.5, 0.6) is 0 Å². The lowest BCUT2D eigenvalue weighted by atomic mass is 10.1. The Balaban J connectivity index is 2.07. The van der Waals surface area contributed by atoms with Gasteiger partial charge in [0.05, 0.1) is 6.04 Å². The molecule has 0 unspecified atom stereocenters. The number of rotatable bonds is 7. The third-order valence-electron chi connectivity index (χ3n) is 4.45. The smallest absolute Gasteiger partial charge is 0.408 e. The Bertz CT molecular complexity index is 661. The van der Waals surface area contributed by atoms with Crippen LogP contribution in [0, 0.1) is 0 Å². The fraction of sp³-hybridized carbons (Fsp3) is 0.545. The summed E-state index contributed by atoms with van der Waals surface area (Å²) in [5.41, 5.74) is 0.503. The maximum Gasteiger partial charge on any atom is 0.408 e. The third kappa shape index (κ3) is 7.35. The Morgan fingerprint density at radius 3 is 2.43 bits per heavy atom. The molecule has 0 aromatic heterocycles. The van der Waals surface area contributed by atoms with Crippen LogP contribution in [0.1, 0.15) is 46.1 Å². The molecular weight excluding hydrogens is 354 g/mol. The van der Waals surface area contributed by atoms with Gasteiger partial charge in [0.2, 0.25) is 0 Å². The van der Waals surface area contributed by atoms with Gasteiger partial charge in [-0.15, -0.1) is 0 Å². The van der Waals surface area contributed by atoms with Crippen molar-refractivity contribution in [2.45, 2.75) is 58.6 Å². The van der Waals surface area contributed by atoms with Crippen LogP contribution in [-0.2, 0) is 16.0 Å². The summed E-state index contributed by atoms with van der Waals surface area (Å²) < 4.78 is 5.38. The summed E-state index contributed by atoms with van der Waals surface area (Å²) in [4.78, 5) is 24.9. The first-order valence-corrected chi connectivity index (χ1v) is 10.1. The van der Waals surface area contributed by atoms with Gasteiger partial charge in [0.1, 0.15) is 5.60 Å². The van der Waals surface area contributed by atoms with Crippen molar-refractivity contribution in [2.24, 2.45) is 0 Å². The molecule has 1 atom stereocenters. The minimum absolute atomic E-state index is 0.0616. The van der Waals surface area contributed by atoms with Gasteiger partial charge in [-0.25, -0.2) is 9.80 Å². The van der Waals surface area contributed by atoms with Gasteiger partial charge < -0.3 is 10.1 Å². The molecule has 0 spiro atoms. The predicted octanol–water partition coefficient (Wildman–Crippen LogP) is 3.54. The SMILES string of the molecule is CCN(C(=O)C=C[C@H](Cc1ccccc1)NC(=O)OC(C)(C)C)N1CCCC1. The highest BCUT2D eigenvalue weighted by Gasteiger charge is 2.22. The zero-order valence-corrected chi connectivity index (χ0v) is 17.5. The van der Waals surface area contributed by atoms with Crippen molar-refractivity contribution in [3.8, 4) is 0 Å². The molecule has 1 aromatic rings. The molecule has 1 aliphatic rings. The average molecular weight is 388 g/mol. The average Bonchev–Trinajstić information content (AvgIpc) is 3.14. The predicted molar refractivity (Wildman–Crippen MR) is 111 cm³/mol. The van der Waals surface area contributed by atoms with Crippen LogP contribution in [-0.4, -0.2) is 53.3 Å².